The molecule has 5 heteroatoms. The number of amides is 1. The van der Waals surface area contributed by atoms with Gasteiger partial charge in [0.2, 0.25) is 5.91 Å². The Hall–Kier alpha value is -0.650. The molecule has 0 atom stereocenters. The van der Waals surface area contributed by atoms with E-state index in [2.05, 4.69) is 29.2 Å². The van der Waals surface area contributed by atoms with Gasteiger partial charge in [-0.15, -0.1) is 0 Å². The summed E-state index contributed by atoms with van der Waals surface area (Å²) in [5, 5.41) is 3.40. The molecule has 0 bridgehead atoms. The number of piperidine rings is 1. The van der Waals surface area contributed by atoms with E-state index < -0.39 is 0 Å². The number of likely N-dealkylation sites (N-methyl/N-ethyl adjacent to an activating group) is 2. The van der Waals surface area contributed by atoms with Gasteiger partial charge in [-0.25, -0.2) is 0 Å². The highest BCUT2D eigenvalue weighted by atomic mass is 16.2. The summed E-state index contributed by atoms with van der Waals surface area (Å²) in [7, 11) is 4.20. The van der Waals surface area contributed by atoms with Crippen LogP contribution < -0.4 is 5.32 Å². The minimum atomic E-state index is 0.297. The quantitative estimate of drug-likeness (QED) is 0.775. The van der Waals surface area contributed by atoms with Crippen LogP contribution in [-0.4, -0.2) is 87.1 Å². The maximum Gasteiger partial charge on any atom is 0.236 e. The van der Waals surface area contributed by atoms with Gasteiger partial charge in [-0.3, -0.25) is 9.69 Å². The first-order valence-electron chi connectivity index (χ1n) is 8.00. The molecule has 2 aliphatic rings. The molecule has 2 heterocycles. The molecular weight excluding hydrogens is 252 g/mol. The molecule has 2 rings (SSSR count). The average molecular weight is 282 g/mol. The monoisotopic (exact) mass is 282 g/mol. The lowest BCUT2D eigenvalue weighted by molar-refractivity contribution is -0.133. The summed E-state index contributed by atoms with van der Waals surface area (Å²) in [5.41, 5.74) is 0. The van der Waals surface area contributed by atoms with Crippen molar-refractivity contribution in [3.8, 4) is 0 Å². The van der Waals surface area contributed by atoms with Crippen molar-refractivity contribution in [1.82, 2.24) is 20.0 Å². The number of hydrogen-bond acceptors (Lipinski definition) is 4. The van der Waals surface area contributed by atoms with Crippen LogP contribution in [0.4, 0.5) is 0 Å². The zero-order valence-electron chi connectivity index (χ0n) is 13.1. The number of nitrogens with zero attached hydrogens (tertiary/aromatic N) is 3. The van der Waals surface area contributed by atoms with E-state index >= 15 is 0 Å². The number of nitrogens with one attached hydrogen (secondary N) is 1. The SMILES string of the molecule is CN1CCN(C(=O)CN(C)CCC2CCNCC2)CC1. The van der Waals surface area contributed by atoms with Crippen LogP contribution in [0.2, 0.25) is 0 Å². The van der Waals surface area contributed by atoms with E-state index in [9.17, 15) is 4.79 Å². The second-order valence-corrected chi connectivity index (χ2v) is 6.40. The normalized spacial score (nSPS) is 22.4. The highest BCUT2D eigenvalue weighted by Gasteiger charge is 2.20. The second-order valence-electron chi connectivity index (χ2n) is 6.40. The summed E-state index contributed by atoms with van der Waals surface area (Å²) < 4.78 is 0. The van der Waals surface area contributed by atoms with Crippen molar-refractivity contribution >= 4 is 5.91 Å². The number of carbonyl (C=O) groups is 1. The van der Waals surface area contributed by atoms with Gasteiger partial charge >= 0.3 is 0 Å². The van der Waals surface area contributed by atoms with Crippen LogP contribution in [0.3, 0.4) is 0 Å². The predicted molar refractivity (Wildman–Crippen MR) is 81.8 cm³/mol. The third-order valence-electron chi connectivity index (χ3n) is 4.64. The minimum Gasteiger partial charge on any atom is -0.339 e. The predicted octanol–water partition coefficient (Wildman–Crippen LogP) is 0.0819. The van der Waals surface area contributed by atoms with Gasteiger partial charge in [0.25, 0.3) is 0 Å². The lowest BCUT2D eigenvalue weighted by Crippen LogP contribution is -2.49. The van der Waals surface area contributed by atoms with Gasteiger partial charge in [-0.2, -0.15) is 0 Å². The largest absolute Gasteiger partial charge is 0.339 e. The molecule has 1 N–H and O–H groups in total. The first kappa shape index (κ1) is 15.7. The van der Waals surface area contributed by atoms with Crippen LogP contribution in [0.15, 0.2) is 0 Å². The molecular formula is C15H30N4O. The second kappa shape index (κ2) is 7.96. The summed E-state index contributed by atoms with van der Waals surface area (Å²) in [6.07, 6.45) is 3.81. The summed E-state index contributed by atoms with van der Waals surface area (Å²) >= 11 is 0. The summed E-state index contributed by atoms with van der Waals surface area (Å²) in [6.45, 7) is 7.73. The van der Waals surface area contributed by atoms with Gasteiger partial charge in [0.1, 0.15) is 0 Å². The molecule has 1 amide bonds. The fourth-order valence-electron chi connectivity index (χ4n) is 3.04. The van der Waals surface area contributed by atoms with Crippen molar-refractivity contribution in [2.75, 3.05) is 66.5 Å². The molecule has 0 spiro atoms. The molecule has 2 fully saturated rings. The van der Waals surface area contributed by atoms with E-state index in [0.29, 0.717) is 12.5 Å². The van der Waals surface area contributed by atoms with Crippen LogP contribution in [0.5, 0.6) is 0 Å². The lowest BCUT2D eigenvalue weighted by atomic mass is 9.94. The third kappa shape index (κ3) is 5.04. The fraction of sp³-hybridized carbons (Fsp3) is 0.933. The molecule has 0 aromatic rings. The number of hydrogen-bond donors (Lipinski definition) is 1. The Morgan fingerprint density at radius 3 is 2.50 bits per heavy atom. The van der Waals surface area contributed by atoms with Crippen LogP contribution in [0.1, 0.15) is 19.3 Å². The maximum absolute atomic E-state index is 12.2. The topological polar surface area (TPSA) is 38.8 Å². The van der Waals surface area contributed by atoms with Crippen LogP contribution in [0.25, 0.3) is 0 Å². The van der Waals surface area contributed by atoms with Crippen molar-refractivity contribution < 1.29 is 4.79 Å². The Morgan fingerprint density at radius 2 is 1.85 bits per heavy atom. The van der Waals surface area contributed by atoms with Gasteiger partial charge < -0.3 is 15.1 Å². The van der Waals surface area contributed by atoms with E-state index in [1.165, 1.54) is 19.3 Å². The van der Waals surface area contributed by atoms with Gasteiger partial charge in [-0.1, -0.05) is 0 Å². The Bertz CT molecular complexity index is 296. The summed E-state index contributed by atoms with van der Waals surface area (Å²) in [4.78, 5) is 18.7. The lowest BCUT2D eigenvalue weighted by Gasteiger charge is -2.33. The Balaban J connectivity index is 1.63. The van der Waals surface area contributed by atoms with Gasteiger partial charge in [0.15, 0.2) is 0 Å². The third-order valence-corrected chi connectivity index (χ3v) is 4.64. The Labute approximate surface area is 123 Å². The maximum atomic E-state index is 12.2. The van der Waals surface area contributed by atoms with Gasteiger partial charge in [-0.05, 0) is 58.9 Å². The average Bonchev–Trinajstić information content (AvgIpc) is 2.47. The smallest absolute Gasteiger partial charge is 0.236 e. The molecule has 0 unspecified atom stereocenters. The minimum absolute atomic E-state index is 0.297. The zero-order valence-corrected chi connectivity index (χ0v) is 13.1. The van der Waals surface area contributed by atoms with Crippen molar-refractivity contribution in [3.05, 3.63) is 0 Å². The van der Waals surface area contributed by atoms with Crippen LogP contribution >= 0.6 is 0 Å². The Morgan fingerprint density at radius 1 is 1.20 bits per heavy atom. The highest BCUT2D eigenvalue weighted by molar-refractivity contribution is 5.78. The van der Waals surface area contributed by atoms with Crippen LogP contribution in [0, 0.1) is 5.92 Å². The molecule has 20 heavy (non-hydrogen) atoms. The molecule has 116 valence electrons. The molecule has 0 saturated carbocycles. The number of piperazine rings is 1. The van der Waals surface area contributed by atoms with Crippen molar-refractivity contribution in [2.45, 2.75) is 19.3 Å². The molecule has 0 aromatic carbocycles. The molecule has 2 aliphatic heterocycles. The fourth-order valence-corrected chi connectivity index (χ4v) is 3.04. The van der Waals surface area contributed by atoms with E-state index in [4.69, 9.17) is 0 Å². The van der Waals surface area contributed by atoms with Crippen molar-refractivity contribution in [1.29, 1.82) is 0 Å². The standard InChI is InChI=1S/C15H30N4O/c1-17-9-11-19(12-10-17)15(20)13-18(2)8-5-14-3-6-16-7-4-14/h14,16H,3-13H2,1-2H3. The molecule has 0 radical (unpaired) electrons. The first-order valence-corrected chi connectivity index (χ1v) is 8.00. The molecule has 5 nitrogen and oxygen atoms in total. The van der Waals surface area contributed by atoms with E-state index in [-0.39, 0.29) is 0 Å². The van der Waals surface area contributed by atoms with Gasteiger partial charge in [0.05, 0.1) is 6.54 Å². The summed E-state index contributed by atoms with van der Waals surface area (Å²) in [5.74, 6) is 1.14. The molecule has 2 saturated heterocycles. The Kier molecular flexibility index (Phi) is 6.26. The zero-order chi connectivity index (χ0) is 14.4. The molecule has 0 aromatic heterocycles. The molecule has 0 aliphatic carbocycles. The van der Waals surface area contributed by atoms with Crippen molar-refractivity contribution in [2.24, 2.45) is 5.92 Å². The number of carbonyl (C=O) groups excluding carboxylic acids is 1. The van der Waals surface area contributed by atoms with E-state index in [0.717, 1.165) is 51.7 Å². The number of rotatable bonds is 5. The van der Waals surface area contributed by atoms with Gasteiger partial charge in [0, 0.05) is 26.2 Å². The van der Waals surface area contributed by atoms with E-state index in [1.54, 1.807) is 0 Å². The van der Waals surface area contributed by atoms with Crippen LogP contribution in [-0.2, 0) is 4.79 Å². The van der Waals surface area contributed by atoms with E-state index in [1.807, 2.05) is 4.90 Å². The summed E-state index contributed by atoms with van der Waals surface area (Å²) in [6, 6.07) is 0. The highest BCUT2D eigenvalue weighted by Crippen LogP contribution is 2.15. The van der Waals surface area contributed by atoms with Crippen molar-refractivity contribution in [3.63, 3.8) is 0 Å². The first-order chi connectivity index (χ1) is 9.65.